The Hall–Kier alpha value is -0.610. The van der Waals surface area contributed by atoms with E-state index in [0.29, 0.717) is 5.92 Å². The summed E-state index contributed by atoms with van der Waals surface area (Å²) in [5.74, 6) is 0.468. The SMILES string of the molecule is CC(NC(=O)[C@@H](C)N)C1CCOCC1. The van der Waals surface area contributed by atoms with Crippen molar-refractivity contribution in [2.45, 2.75) is 38.8 Å². The molecule has 1 amide bonds. The largest absolute Gasteiger partial charge is 0.381 e. The summed E-state index contributed by atoms with van der Waals surface area (Å²) >= 11 is 0. The lowest BCUT2D eigenvalue weighted by Gasteiger charge is -2.28. The van der Waals surface area contributed by atoms with Crippen LogP contribution in [0.25, 0.3) is 0 Å². The van der Waals surface area contributed by atoms with Crippen LogP contribution < -0.4 is 11.1 Å². The Labute approximate surface area is 85.2 Å². The first-order valence-electron chi connectivity index (χ1n) is 5.25. The Morgan fingerprint density at radius 3 is 2.50 bits per heavy atom. The van der Waals surface area contributed by atoms with E-state index in [1.165, 1.54) is 0 Å². The van der Waals surface area contributed by atoms with Crippen LogP contribution in [0.1, 0.15) is 26.7 Å². The van der Waals surface area contributed by atoms with Crippen molar-refractivity contribution in [3.05, 3.63) is 0 Å². The first-order chi connectivity index (χ1) is 6.61. The van der Waals surface area contributed by atoms with E-state index in [1.807, 2.05) is 6.92 Å². The lowest BCUT2D eigenvalue weighted by molar-refractivity contribution is -0.123. The summed E-state index contributed by atoms with van der Waals surface area (Å²) < 4.78 is 5.26. The number of carbonyl (C=O) groups excluding carboxylic acids is 1. The van der Waals surface area contributed by atoms with Crippen molar-refractivity contribution in [2.75, 3.05) is 13.2 Å². The predicted octanol–water partition coefficient (Wildman–Crippen LogP) is 0.265. The maximum Gasteiger partial charge on any atom is 0.236 e. The fourth-order valence-electron chi connectivity index (χ4n) is 1.69. The quantitative estimate of drug-likeness (QED) is 0.687. The van der Waals surface area contributed by atoms with Crippen LogP contribution in [0.2, 0.25) is 0 Å². The molecule has 4 nitrogen and oxygen atoms in total. The van der Waals surface area contributed by atoms with Crippen LogP contribution in [0.15, 0.2) is 0 Å². The smallest absolute Gasteiger partial charge is 0.236 e. The number of rotatable bonds is 3. The summed E-state index contributed by atoms with van der Waals surface area (Å²) in [5.41, 5.74) is 5.48. The normalized spacial score (nSPS) is 22.8. The summed E-state index contributed by atoms with van der Waals surface area (Å²) in [5, 5.41) is 2.93. The van der Waals surface area contributed by atoms with Gasteiger partial charge >= 0.3 is 0 Å². The van der Waals surface area contributed by atoms with Gasteiger partial charge < -0.3 is 15.8 Å². The maximum absolute atomic E-state index is 11.3. The van der Waals surface area contributed by atoms with Crippen molar-refractivity contribution >= 4 is 5.91 Å². The summed E-state index contributed by atoms with van der Waals surface area (Å²) in [6.45, 7) is 5.36. The van der Waals surface area contributed by atoms with E-state index >= 15 is 0 Å². The summed E-state index contributed by atoms with van der Waals surface area (Å²) in [6, 6.07) is -0.213. The molecule has 0 aromatic carbocycles. The van der Waals surface area contributed by atoms with E-state index in [4.69, 9.17) is 10.5 Å². The summed E-state index contributed by atoms with van der Waals surface area (Å²) in [7, 11) is 0. The van der Waals surface area contributed by atoms with Gasteiger partial charge in [0.2, 0.25) is 5.91 Å². The Kier molecular flexibility index (Phi) is 4.35. The molecule has 1 heterocycles. The predicted molar refractivity (Wildman–Crippen MR) is 54.8 cm³/mol. The molecule has 3 N–H and O–H groups in total. The molecule has 2 atom stereocenters. The van der Waals surface area contributed by atoms with Gasteiger partial charge in [-0.3, -0.25) is 4.79 Å². The number of nitrogens with two attached hydrogens (primary N) is 1. The van der Waals surface area contributed by atoms with Crippen molar-refractivity contribution in [2.24, 2.45) is 11.7 Å². The molecule has 14 heavy (non-hydrogen) atoms. The van der Waals surface area contributed by atoms with Gasteiger partial charge in [-0.1, -0.05) is 0 Å². The number of hydrogen-bond donors (Lipinski definition) is 2. The number of nitrogens with one attached hydrogen (secondary N) is 1. The third-order valence-electron chi connectivity index (χ3n) is 2.76. The second kappa shape index (κ2) is 5.32. The van der Waals surface area contributed by atoms with Crippen molar-refractivity contribution in [1.29, 1.82) is 0 Å². The van der Waals surface area contributed by atoms with Gasteiger partial charge in [-0.05, 0) is 32.6 Å². The minimum Gasteiger partial charge on any atom is -0.381 e. The first-order valence-corrected chi connectivity index (χ1v) is 5.25. The summed E-state index contributed by atoms with van der Waals surface area (Å²) in [6.07, 6.45) is 2.06. The molecule has 0 aromatic heterocycles. The standard InChI is InChI=1S/C10H20N2O2/c1-7(11)10(13)12-8(2)9-3-5-14-6-4-9/h7-9H,3-6,11H2,1-2H3,(H,12,13)/t7-,8?/m1/s1. The molecule has 0 bridgehead atoms. The lowest BCUT2D eigenvalue weighted by Crippen LogP contribution is -2.46. The highest BCUT2D eigenvalue weighted by Gasteiger charge is 2.22. The Morgan fingerprint density at radius 2 is 2.00 bits per heavy atom. The van der Waals surface area contributed by atoms with Crippen LogP contribution in [-0.2, 0) is 9.53 Å². The molecule has 1 rings (SSSR count). The topological polar surface area (TPSA) is 64.4 Å². The third kappa shape index (κ3) is 3.27. The van der Waals surface area contributed by atoms with Gasteiger partial charge in [0.25, 0.3) is 0 Å². The molecule has 82 valence electrons. The summed E-state index contributed by atoms with van der Waals surface area (Å²) in [4.78, 5) is 11.3. The van der Waals surface area contributed by atoms with Gasteiger partial charge in [0, 0.05) is 19.3 Å². The van der Waals surface area contributed by atoms with Crippen LogP contribution in [0.4, 0.5) is 0 Å². The molecule has 4 heteroatoms. The molecule has 1 unspecified atom stereocenters. The zero-order chi connectivity index (χ0) is 10.6. The molecule has 1 aliphatic rings. The number of amides is 1. The highest BCUT2D eigenvalue weighted by atomic mass is 16.5. The van der Waals surface area contributed by atoms with Crippen LogP contribution >= 0.6 is 0 Å². The monoisotopic (exact) mass is 200 g/mol. The van der Waals surface area contributed by atoms with Gasteiger partial charge in [-0.25, -0.2) is 0 Å². The van der Waals surface area contributed by atoms with Crippen molar-refractivity contribution in [3.63, 3.8) is 0 Å². The molecule has 0 saturated carbocycles. The zero-order valence-electron chi connectivity index (χ0n) is 8.95. The van der Waals surface area contributed by atoms with Crippen molar-refractivity contribution in [1.82, 2.24) is 5.32 Å². The molecular formula is C10H20N2O2. The van der Waals surface area contributed by atoms with E-state index in [-0.39, 0.29) is 11.9 Å². The lowest BCUT2D eigenvalue weighted by atomic mass is 9.93. The first kappa shape index (κ1) is 11.5. The van der Waals surface area contributed by atoms with E-state index < -0.39 is 6.04 Å². The highest BCUT2D eigenvalue weighted by molar-refractivity contribution is 5.81. The fourth-order valence-corrected chi connectivity index (χ4v) is 1.69. The molecule has 1 aliphatic heterocycles. The average Bonchev–Trinajstić information content (AvgIpc) is 2.19. The molecule has 0 radical (unpaired) electrons. The second-order valence-electron chi connectivity index (χ2n) is 4.04. The third-order valence-corrected chi connectivity index (χ3v) is 2.76. The van der Waals surface area contributed by atoms with Crippen LogP contribution in [0.3, 0.4) is 0 Å². The van der Waals surface area contributed by atoms with Gasteiger partial charge in [-0.15, -0.1) is 0 Å². The molecule has 1 fully saturated rings. The molecule has 0 aromatic rings. The van der Waals surface area contributed by atoms with Gasteiger partial charge in [-0.2, -0.15) is 0 Å². The number of ether oxygens (including phenoxy) is 1. The van der Waals surface area contributed by atoms with Crippen molar-refractivity contribution in [3.8, 4) is 0 Å². The van der Waals surface area contributed by atoms with E-state index in [9.17, 15) is 4.79 Å². The number of carbonyl (C=O) groups is 1. The Balaban J connectivity index is 2.32. The minimum atomic E-state index is -0.419. The molecule has 1 saturated heterocycles. The molecular weight excluding hydrogens is 180 g/mol. The van der Waals surface area contributed by atoms with E-state index in [0.717, 1.165) is 26.1 Å². The Bertz CT molecular complexity index is 189. The van der Waals surface area contributed by atoms with Gasteiger partial charge in [0.1, 0.15) is 0 Å². The molecule has 0 spiro atoms. The zero-order valence-corrected chi connectivity index (χ0v) is 8.95. The average molecular weight is 200 g/mol. The van der Waals surface area contributed by atoms with Crippen LogP contribution in [0, 0.1) is 5.92 Å². The van der Waals surface area contributed by atoms with Gasteiger partial charge in [0.15, 0.2) is 0 Å². The van der Waals surface area contributed by atoms with Crippen LogP contribution in [0.5, 0.6) is 0 Å². The van der Waals surface area contributed by atoms with Crippen LogP contribution in [-0.4, -0.2) is 31.2 Å². The maximum atomic E-state index is 11.3. The van der Waals surface area contributed by atoms with Crippen molar-refractivity contribution < 1.29 is 9.53 Å². The highest BCUT2D eigenvalue weighted by Crippen LogP contribution is 2.18. The minimum absolute atomic E-state index is 0.0657. The fraction of sp³-hybridized carbons (Fsp3) is 0.900. The van der Waals surface area contributed by atoms with E-state index in [2.05, 4.69) is 5.32 Å². The van der Waals surface area contributed by atoms with Gasteiger partial charge in [0.05, 0.1) is 6.04 Å². The van der Waals surface area contributed by atoms with E-state index in [1.54, 1.807) is 6.92 Å². The second-order valence-corrected chi connectivity index (χ2v) is 4.04. The molecule has 0 aliphatic carbocycles. The number of hydrogen-bond acceptors (Lipinski definition) is 3. The Morgan fingerprint density at radius 1 is 1.43 bits per heavy atom.